The van der Waals surface area contributed by atoms with Crippen molar-refractivity contribution in [1.29, 1.82) is 0 Å². The zero-order valence-corrected chi connectivity index (χ0v) is 10.7. The molecule has 2 N–H and O–H groups in total. The first kappa shape index (κ1) is 11.0. The number of ether oxygens (including phenoxy) is 1. The van der Waals surface area contributed by atoms with Crippen LogP contribution in [0.25, 0.3) is 11.3 Å². The minimum atomic E-state index is 0.622. The smallest absolute Gasteiger partial charge is 0.131 e. The molecule has 0 bridgehead atoms. The number of aryl methyl sites for hydroxylation is 1. The largest absolute Gasteiger partial charge is 0.496 e. The van der Waals surface area contributed by atoms with E-state index in [0.29, 0.717) is 5.82 Å². The molecule has 16 heavy (non-hydrogen) atoms. The van der Waals surface area contributed by atoms with Crippen LogP contribution in [-0.2, 0) is 7.05 Å². The molecule has 0 saturated carbocycles. The highest BCUT2D eigenvalue weighted by Gasteiger charge is 2.13. The summed E-state index contributed by atoms with van der Waals surface area (Å²) < 4.78 is 8.03. The molecule has 1 aromatic carbocycles. The molecule has 4 nitrogen and oxygen atoms in total. The summed E-state index contributed by atoms with van der Waals surface area (Å²) in [5, 5.41) is 0. The first-order chi connectivity index (χ1) is 7.63. The Labute approximate surface area is 102 Å². The van der Waals surface area contributed by atoms with Gasteiger partial charge in [-0.05, 0) is 18.2 Å². The molecule has 1 heterocycles. The summed E-state index contributed by atoms with van der Waals surface area (Å²) in [7, 11) is 3.49. The van der Waals surface area contributed by atoms with Gasteiger partial charge in [-0.15, -0.1) is 0 Å². The van der Waals surface area contributed by atoms with E-state index >= 15 is 0 Å². The van der Waals surface area contributed by atoms with Crippen LogP contribution in [0, 0.1) is 0 Å². The van der Waals surface area contributed by atoms with E-state index in [2.05, 4.69) is 20.9 Å². The Hall–Kier alpha value is -1.49. The van der Waals surface area contributed by atoms with E-state index in [1.165, 1.54) is 0 Å². The van der Waals surface area contributed by atoms with Crippen LogP contribution < -0.4 is 10.5 Å². The molecule has 0 unspecified atom stereocenters. The van der Waals surface area contributed by atoms with Gasteiger partial charge >= 0.3 is 0 Å². The number of hydrogen-bond acceptors (Lipinski definition) is 3. The summed E-state index contributed by atoms with van der Waals surface area (Å²) in [6.07, 6.45) is 1.69. The van der Waals surface area contributed by atoms with Crippen LogP contribution in [-0.4, -0.2) is 16.7 Å². The van der Waals surface area contributed by atoms with E-state index in [9.17, 15) is 0 Å². The molecule has 0 aliphatic rings. The first-order valence-corrected chi connectivity index (χ1v) is 5.53. The zero-order chi connectivity index (χ0) is 11.7. The molecule has 0 aliphatic carbocycles. The number of methoxy groups -OCH3 is 1. The number of benzene rings is 1. The minimum Gasteiger partial charge on any atom is -0.496 e. The number of imidazole rings is 1. The average Bonchev–Trinajstić information content (AvgIpc) is 2.60. The van der Waals surface area contributed by atoms with Crippen molar-refractivity contribution in [3.8, 4) is 17.0 Å². The molecule has 0 amide bonds. The molecule has 0 fully saturated rings. The van der Waals surface area contributed by atoms with Gasteiger partial charge in [-0.1, -0.05) is 15.9 Å². The van der Waals surface area contributed by atoms with Crippen molar-refractivity contribution in [1.82, 2.24) is 9.55 Å². The molecule has 1 aromatic heterocycles. The Kier molecular flexibility index (Phi) is 2.87. The molecule has 2 rings (SSSR count). The fourth-order valence-electron chi connectivity index (χ4n) is 1.51. The number of nitrogens with two attached hydrogens (primary N) is 1. The predicted octanol–water partition coefficient (Wildman–Crippen LogP) is 2.44. The molecule has 2 aromatic rings. The lowest BCUT2D eigenvalue weighted by Gasteiger charge is -2.07. The number of rotatable bonds is 2. The van der Waals surface area contributed by atoms with E-state index in [1.807, 2.05) is 25.2 Å². The van der Waals surface area contributed by atoms with E-state index < -0.39 is 0 Å². The minimum absolute atomic E-state index is 0.622. The average molecular weight is 282 g/mol. The van der Waals surface area contributed by atoms with Gasteiger partial charge in [0.2, 0.25) is 0 Å². The maximum atomic E-state index is 5.94. The lowest BCUT2D eigenvalue weighted by atomic mass is 10.1. The number of hydrogen-bond donors (Lipinski definition) is 1. The topological polar surface area (TPSA) is 53.1 Å². The van der Waals surface area contributed by atoms with Crippen molar-refractivity contribution in [2.24, 2.45) is 7.05 Å². The summed E-state index contributed by atoms with van der Waals surface area (Å²) in [6, 6.07) is 5.74. The maximum absolute atomic E-state index is 5.94. The Morgan fingerprint density at radius 2 is 2.19 bits per heavy atom. The summed E-state index contributed by atoms with van der Waals surface area (Å²) in [5.74, 6) is 1.38. The van der Waals surface area contributed by atoms with Crippen LogP contribution in [0.1, 0.15) is 0 Å². The van der Waals surface area contributed by atoms with Crippen LogP contribution in [0.15, 0.2) is 29.0 Å². The highest BCUT2D eigenvalue weighted by atomic mass is 79.9. The Morgan fingerprint density at radius 3 is 2.75 bits per heavy atom. The second kappa shape index (κ2) is 4.17. The maximum Gasteiger partial charge on any atom is 0.131 e. The summed E-state index contributed by atoms with van der Waals surface area (Å²) in [4.78, 5) is 4.27. The molecule has 0 spiro atoms. The van der Waals surface area contributed by atoms with Gasteiger partial charge < -0.3 is 15.0 Å². The fourth-order valence-corrected chi connectivity index (χ4v) is 1.87. The van der Waals surface area contributed by atoms with Crippen LogP contribution in [0.4, 0.5) is 5.82 Å². The third-order valence-electron chi connectivity index (χ3n) is 2.40. The van der Waals surface area contributed by atoms with Crippen molar-refractivity contribution in [2.45, 2.75) is 0 Å². The van der Waals surface area contributed by atoms with Crippen LogP contribution in [0.3, 0.4) is 0 Å². The van der Waals surface area contributed by atoms with Gasteiger partial charge in [0.15, 0.2) is 0 Å². The van der Waals surface area contributed by atoms with Crippen molar-refractivity contribution in [3.05, 3.63) is 29.0 Å². The van der Waals surface area contributed by atoms with E-state index in [1.54, 1.807) is 18.0 Å². The molecule has 0 aliphatic heterocycles. The molecule has 0 atom stereocenters. The van der Waals surface area contributed by atoms with Gasteiger partial charge in [0.25, 0.3) is 0 Å². The Balaban J connectivity index is 2.62. The normalized spacial score (nSPS) is 10.4. The second-order valence-electron chi connectivity index (χ2n) is 3.43. The van der Waals surface area contributed by atoms with Gasteiger partial charge in [0.05, 0.1) is 13.4 Å². The molecular weight excluding hydrogens is 270 g/mol. The third kappa shape index (κ3) is 1.78. The van der Waals surface area contributed by atoms with Crippen molar-refractivity contribution >= 4 is 21.7 Å². The number of nitrogen functional groups attached to an aromatic ring is 1. The number of aromatic nitrogens is 2. The van der Waals surface area contributed by atoms with Gasteiger partial charge in [-0.25, -0.2) is 4.98 Å². The van der Waals surface area contributed by atoms with Gasteiger partial charge in [-0.2, -0.15) is 0 Å². The second-order valence-corrected chi connectivity index (χ2v) is 4.35. The van der Waals surface area contributed by atoms with E-state index in [-0.39, 0.29) is 0 Å². The standard InChI is InChI=1S/C11H12BrN3O/c1-15-6-14-10(11(15)13)8-5-7(12)3-4-9(8)16-2/h3-6H,13H2,1-2H3. The van der Waals surface area contributed by atoms with Crippen LogP contribution in [0.5, 0.6) is 5.75 Å². The lowest BCUT2D eigenvalue weighted by Crippen LogP contribution is -1.97. The molecule has 0 radical (unpaired) electrons. The fraction of sp³-hybridized carbons (Fsp3) is 0.182. The molecule has 84 valence electrons. The number of anilines is 1. The Bertz CT molecular complexity index is 522. The quantitative estimate of drug-likeness (QED) is 0.920. The highest BCUT2D eigenvalue weighted by Crippen LogP contribution is 2.34. The molecule has 0 saturated heterocycles. The number of halogens is 1. The third-order valence-corrected chi connectivity index (χ3v) is 2.89. The first-order valence-electron chi connectivity index (χ1n) is 4.74. The van der Waals surface area contributed by atoms with E-state index in [4.69, 9.17) is 10.5 Å². The van der Waals surface area contributed by atoms with Gasteiger partial charge in [0.1, 0.15) is 17.3 Å². The summed E-state index contributed by atoms with van der Waals surface area (Å²) >= 11 is 3.42. The molecular formula is C11H12BrN3O. The zero-order valence-electron chi connectivity index (χ0n) is 9.07. The van der Waals surface area contributed by atoms with Crippen molar-refractivity contribution < 1.29 is 4.74 Å². The highest BCUT2D eigenvalue weighted by molar-refractivity contribution is 9.10. The van der Waals surface area contributed by atoms with Gasteiger partial charge in [0, 0.05) is 17.1 Å². The summed E-state index contributed by atoms with van der Waals surface area (Å²) in [5.41, 5.74) is 7.56. The van der Waals surface area contributed by atoms with Crippen LogP contribution >= 0.6 is 15.9 Å². The SMILES string of the molecule is COc1ccc(Br)cc1-c1ncn(C)c1N. The molecule has 5 heteroatoms. The van der Waals surface area contributed by atoms with Crippen LogP contribution in [0.2, 0.25) is 0 Å². The van der Waals surface area contributed by atoms with Crippen molar-refractivity contribution in [3.63, 3.8) is 0 Å². The monoisotopic (exact) mass is 281 g/mol. The lowest BCUT2D eigenvalue weighted by molar-refractivity contribution is 0.416. The van der Waals surface area contributed by atoms with Gasteiger partial charge in [-0.3, -0.25) is 0 Å². The van der Waals surface area contributed by atoms with Crippen molar-refractivity contribution in [2.75, 3.05) is 12.8 Å². The summed E-state index contributed by atoms with van der Waals surface area (Å²) in [6.45, 7) is 0. The number of nitrogens with zero attached hydrogens (tertiary/aromatic N) is 2. The van der Waals surface area contributed by atoms with E-state index in [0.717, 1.165) is 21.5 Å². The Morgan fingerprint density at radius 1 is 1.44 bits per heavy atom. The predicted molar refractivity (Wildman–Crippen MR) is 67.3 cm³/mol.